The Kier molecular flexibility index (Phi) is 3.13. The van der Waals surface area contributed by atoms with Crippen LogP contribution in [0.25, 0.3) is 0 Å². The van der Waals surface area contributed by atoms with Gasteiger partial charge in [-0.05, 0) is 20.8 Å². The van der Waals surface area contributed by atoms with E-state index in [1.54, 1.807) is 20.8 Å². The maximum atomic E-state index is 12.0. The van der Waals surface area contributed by atoms with Crippen LogP contribution in [0.2, 0.25) is 0 Å². The molecule has 102 valence electrons. The van der Waals surface area contributed by atoms with Crippen molar-refractivity contribution in [2.45, 2.75) is 39.0 Å². The number of rotatable bonds is 1. The van der Waals surface area contributed by atoms with Crippen molar-refractivity contribution in [3.63, 3.8) is 0 Å². The molecule has 0 radical (unpaired) electrons. The van der Waals surface area contributed by atoms with Crippen LogP contribution < -0.4 is 5.11 Å². The van der Waals surface area contributed by atoms with E-state index in [0.29, 0.717) is 11.3 Å². The molecule has 0 aromatic carbocycles. The smallest absolute Gasteiger partial charge is 0.411 e. The zero-order valence-corrected chi connectivity index (χ0v) is 10.9. The van der Waals surface area contributed by atoms with Gasteiger partial charge >= 0.3 is 6.09 Å². The maximum absolute atomic E-state index is 12.0. The molecule has 0 fully saturated rings. The van der Waals surface area contributed by atoms with E-state index in [0.717, 1.165) is 4.90 Å². The van der Waals surface area contributed by atoms with E-state index >= 15 is 0 Å². The lowest BCUT2D eigenvalue weighted by molar-refractivity contribution is -0.311. The SMILES string of the molecule is CC(C)(C)OC(=O)N1Cc2ncncc2C1C(=O)[O-]. The summed E-state index contributed by atoms with van der Waals surface area (Å²) in [6, 6.07) is -1.20. The fourth-order valence-electron chi connectivity index (χ4n) is 1.89. The zero-order valence-electron chi connectivity index (χ0n) is 10.9. The summed E-state index contributed by atoms with van der Waals surface area (Å²) in [7, 11) is 0. The lowest BCUT2D eigenvalue weighted by Crippen LogP contribution is -2.43. The van der Waals surface area contributed by atoms with Crippen LogP contribution in [0.5, 0.6) is 0 Å². The molecule has 0 saturated carbocycles. The average Bonchev–Trinajstić information content (AvgIpc) is 2.65. The first-order valence-corrected chi connectivity index (χ1v) is 5.79. The van der Waals surface area contributed by atoms with Gasteiger partial charge in [0, 0.05) is 11.8 Å². The van der Waals surface area contributed by atoms with Gasteiger partial charge in [0.15, 0.2) is 0 Å². The number of amides is 1. The normalized spacial score (nSPS) is 18.1. The van der Waals surface area contributed by atoms with Crippen LogP contribution >= 0.6 is 0 Å². The van der Waals surface area contributed by atoms with Crippen molar-refractivity contribution < 1.29 is 19.4 Å². The van der Waals surface area contributed by atoms with Crippen LogP contribution in [0.4, 0.5) is 4.79 Å². The molecule has 0 spiro atoms. The fraction of sp³-hybridized carbons (Fsp3) is 0.500. The second-order valence-corrected chi connectivity index (χ2v) is 5.25. The number of ether oxygens (including phenoxy) is 1. The van der Waals surface area contributed by atoms with E-state index < -0.39 is 23.7 Å². The first-order chi connectivity index (χ1) is 8.79. The summed E-state index contributed by atoms with van der Waals surface area (Å²) >= 11 is 0. The van der Waals surface area contributed by atoms with Gasteiger partial charge in [-0.2, -0.15) is 0 Å². The van der Waals surface area contributed by atoms with Gasteiger partial charge in [-0.1, -0.05) is 0 Å². The van der Waals surface area contributed by atoms with E-state index in [1.807, 2.05) is 0 Å². The van der Waals surface area contributed by atoms with Crippen LogP contribution in [-0.4, -0.2) is 32.5 Å². The lowest BCUT2D eigenvalue weighted by atomic mass is 10.1. The summed E-state index contributed by atoms with van der Waals surface area (Å²) in [6.45, 7) is 5.21. The number of carboxylic acids is 1. The van der Waals surface area contributed by atoms with Gasteiger partial charge in [0.25, 0.3) is 0 Å². The van der Waals surface area contributed by atoms with Gasteiger partial charge < -0.3 is 14.6 Å². The average molecular weight is 264 g/mol. The van der Waals surface area contributed by atoms with Crippen molar-refractivity contribution in [2.24, 2.45) is 0 Å². The molecular weight excluding hydrogens is 250 g/mol. The van der Waals surface area contributed by atoms with Crippen LogP contribution in [0.3, 0.4) is 0 Å². The third-order valence-electron chi connectivity index (χ3n) is 2.60. The molecule has 0 saturated heterocycles. The number of nitrogens with zero attached hydrogens (tertiary/aromatic N) is 3. The van der Waals surface area contributed by atoms with Gasteiger partial charge in [-0.3, -0.25) is 4.90 Å². The van der Waals surface area contributed by atoms with E-state index in [-0.39, 0.29) is 6.54 Å². The molecular formula is C12H14N3O4-. The summed E-state index contributed by atoms with van der Waals surface area (Å²) in [4.78, 5) is 32.1. The molecule has 1 amide bonds. The second-order valence-electron chi connectivity index (χ2n) is 5.25. The Balaban J connectivity index is 2.29. The molecule has 2 heterocycles. The van der Waals surface area contributed by atoms with Crippen molar-refractivity contribution in [3.05, 3.63) is 23.8 Å². The Labute approximate surface area is 110 Å². The van der Waals surface area contributed by atoms with Gasteiger partial charge in [-0.25, -0.2) is 14.8 Å². The number of hydrogen-bond donors (Lipinski definition) is 0. The number of aliphatic carboxylic acids is 1. The molecule has 1 aromatic heterocycles. The van der Waals surface area contributed by atoms with Crippen LogP contribution in [0.15, 0.2) is 12.5 Å². The zero-order chi connectivity index (χ0) is 14.2. The highest BCUT2D eigenvalue weighted by atomic mass is 16.6. The Morgan fingerprint density at radius 3 is 2.74 bits per heavy atom. The predicted octanol–water partition coefficient (Wildman–Crippen LogP) is 0.0183. The number of carbonyl (C=O) groups is 2. The van der Waals surface area contributed by atoms with Crippen LogP contribution in [-0.2, 0) is 16.1 Å². The molecule has 1 aromatic rings. The first-order valence-electron chi connectivity index (χ1n) is 5.79. The van der Waals surface area contributed by atoms with E-state index in [9.17, 15) is 14.7 Å². The number of carbonyl (C=O) groups excluding carboxylic acids is 2. The number of hydrogen-bond acceptors (Lipinski definition) is 6. The summed E-state index contributed by atoms with van der Waals surface area (Å²) in [5.41, 5.74) is 0.164. The molecule has 1 aliphatic rings. The van der Waals surface area contributed by atoms with Crippen molar-refractivity contribution in [1.82, 2.24) is 14.9 Å². The molecule has 7 heteroatoms. The standard InChI is InChI=1S/C12H15N3O4/c1-12(2,3)19-11(18)15-5-8-7(4-13-6-14-8)9(15)10(16)17/h4,6,9H,5H2,1-3H3,(H,16,17)/p-1. The summed E-state index contributed by atoms with van der Waals surface area (Å²) in [6.07, 6.45) is 1.98. The quantitative estimate of drug-likeness (QED) is 0.709. The van der Waals surface area contributed by atoms with Crippen molar-refractivity contribution in [3.8, 4) is 0 Å². The number of carboxylic acid groups (broad SMARTS) is 1. The minimum atomic E-state index is -1.38. The molecule has 1 aliphatic heterocycles. The van der Waals surface area contributed by atoms with Gasteiger partial charge in [0.1, 0.15) is 18.0 Å². The minimum absolute atomic E-state index is 0.0748. The van der Waals surface area contributed by atoms with Crippen molar-refractivity contribution in [2.75, 3.05) is 0 Å². The van der Waals surface area contributed by atoms with Crippen LogP contribution in [0, 0.1) is 0 Å². The minimum Gasteiger partial charge on any atom is -0.547 e. The third kappa shape index (κ3) is 2.64. The maximum Gasteiger partial charge on any atom is 0.411 e. The fourth-order valence-corrected chi connectivity index (χ4v) is 1.89. The Hall–Kier alpha value is -2.18. The van der Waals surface area contributed by atoms with E-state index in [1.165, 1.54) is 12.5 Å². The molecule has 0 aliphatic carbocycles. The summed E-state index contributed by atoms with van der Waals surface area (Å²) in [5, 5.41) is 11.2. The molecule has 1 unspecified atom stereocenters. The number of aromatic nitrogens is 2. The molecule has 7 nitrogen and oxygen atoms in total. The molecule has 0 N–H and O–H groups in total. The van der Waals surface area contributed by atoms with Gasteiger partial charge in [-0.15, -0.1) is 0 Å². The van der Waals surface area contributed by atoms with E-state index in [2.05, 4.69) is 9.97 Å². The highest BCUT2D eigenvalue weighted by Crippen LogP contribution is 2.32. The highest BCUT2D eigenvalue weighted by molar-refractivity contribution is 5.82. The topological polar surface area (TPSA) is 95.5 Å². The first kappa shape index (κ1) is 13.3. The monoisotopic (exact) mass is 264 g/mol. The van der Waals surface area contributed by atoms with Crippen molar-refractivity contribution in [1.29, 1.82) is 0 Å². The second kappa shape index (κ2) is 4.49. The Morgan fingerprint density at radius 2 is 2.16 bits per heavy atom. The van der Waals surface area contributed by atoms with Gasteiger partial charge in [0.2, 0.25) is 0 Å². The van der Waals surface area contributed by atoms with Crippen LogP contribution in [0.1, 0.15) is 38.1 Å². The molecule has 1 atom stereocenters. The molecule has 0 bridgehead atoms. The summed E-state index contributed by atoms with van der Waals surface area (Å²) in [5.74, 6) is -1.38. The largest absolute Gasteiger partial charge is 0.547 e. The highest BCUT2D eigenvalue weighted by Gasteiger charge is 2.37. The van der Waals surface area contributed by atoms with Crippen molar-refractivity contribution >= 4 is 12.1 Å². The molecule has 2 rings (SSSR count). The predicted molar refractivity (Wildman–Crippen MR) is 61.6 cm³/mol. The Morgan fingerprint density at radius 1 is 1.47 bits per heavy atom. The third-order valence-corrected chi connectivity index (χ3v) is 2.60. The van der Waals surface area contributed by atoms with E-state index in [4.69, 9.17) is 4.74 Å². The number of fused-ring (bicyclic) bond motifs is 1. The van der Waals surface area contributed by atoms with Gasteiger partial charge in [0.05, 0.1) is 18.2 Å². The summed E-state index contributed by atoms with van der Waals surface area (Å²) < 4.78 is 5.18. The molecule has 19 heavy (non-hydrogen) atoms. The lowest BCUT2D eigenvalue weighted by Gasteiger charge is -2.29. The Bertz CT molecular complexity index is 524.